The van der Waals surface area contributed by atoms with Gasteiger partial charge in [0.25, 0.3) is 11.8 Å². The Hall–Kier alpha value is -2.14. The lowest BCUT2D eigenvalue weighted by atomic mass is 9.94. The molecule has 1 aliphatic heterocycles. The summed E-state index contributed by atoms with van der Waals surface area (Å²) in [5, 5.41) is 4.94. The number of hydrogen-bond donors (Lipinski definition) is 1. The van der Waals surface area contributed by atoms with Gasteiger partial charge in [-0.25, -0.2) is 0 Å². The topological polar surface area (TPSA) is 49.4 Å². The summed E-state index contributed by atoms with van der Waals surface area (Å²) in [6, 6.07) is 9.93. The number of rotatable bonds is 4. The monoisotopic (exact) mass is 354 g/mol. The zero-order chi connectivity index (χ0) is 17.2. The predicted octanol–water partition coefficient (Wildman–Crippen LogP) is 3.97. The van der Waals surface area contributed by atoms with Gasteiger partial charge in [-0.2, -0.15) is 0 Å². The number of hydrogen-bond acceptors (Lipinski definition) is 3. The highest BCUT2D eigenvalue weighted by atomic mass is 32.1. The van der Waals surface area contributed by atoms with Crippen LogP contribution in [0.5, 0.6) is 0 Å². The number of benzene rings is 1. The molecule has 0 spiro atoms. The maximum Gasteiger partial charge on any atom is 0.255 e. The number of thiophene rings is 1. The first kappa shape index (κ1) is 16.3. The molecule has 2 aromatic rings. The van der Waals surface area contributed by atoms with Crippen LogP contribution in [0, 0.1) is 0 Å². The number of amides is 2. The summed E-state index contributed by atoms with van der Waals surface area (Å²) in [5.41, 5.74) is 2.11. The van der Waals surface area contributed by atoms with Gasteiger partial charge in [-0.15, -0.1) is 11.3 Å². The van der Waals surface area contributed by atoms with E-state index in [4.69, 9.17) is 0 Å². The number of fused-ring (bicyclic) bond motifs is 1. The molecule has 1 saturated carbocycles. The molecule has 25 heavy (non-hydrogen) atoms. The third-order valence-corrected chi connectivity index (χ3v) is 6.11. The van der Waals surface area contributed by atoms with E-state index >= 15 is 0 Å². The van der Waals surface area contributed by atoms with Gasteiger partial charge in [-0.3, -0.25) is 9.59 Å². The Morgan fingerprint density at radius 2 is 2.00 bits per heavy atom. The molecule has 130 valence electrons. The van der Waals surface area contributed by atoms with Crippen LogP contribution in [0.1, 0.15) is 63.3 Å². The van der Waals surface area contributed by atoms with Crippen LogP contribution in [-0.2, 0) is 13.1 Å². The van der Waals surface area contributed by atoms with Crippen LogP contribution in [0.2, 0.25) is 0 Å². The molecule has 4 rings (SSSR count). The van der Waals surface area contributed by atoms with Crippen molar-refractivity contribution in [1.82, 2.24) is 10.2 Å². The van der Waals surface area contributed by atoms with E-state index in [0.717, 1.165) is 23.3 Å². The highest BCUT2D eigenvalue weighted by molar-refractivity contribution is 7.09. The maximum absolute atomic E-state index is 13.0. The summed E-state index contributed by atoms with van der Waals surface area (Å²) >= 11 is 1.62. The van der Waals surface area contributed by atoms with E-state index in [-0.39, 0.29) is 11.8 Å². The van der Waals surface area contributed by atoms with E-state index in [0.29, 0.717) is 30.3 Å². The first-order chi connectivity index (χ1) is 12.2. The molecule has 0 unspecified atom stereocenters. The highest BCUT2D eigenvalue weighted by Gasteiger charge is 2.35. The molecule has 4 nitrogen and oxygen atoms in total. The van der Waals surface area contributed by atoms with E-state index in [1.54, 1.807) is 17.4 Å². The Bertz CT molecular complexity index is 779. The first-order valence-electron chi connectivity index (χ1n) is 8.97. The van der Waals surface area contributed by atoms with Crippen LogP contribution in [0.25, 0.3) is 0 Å². The summed E-state index contributed by atoms with van der Waals surface area (Å²) < 4.78 is 0. The summed E-state index contributed by atoms with van der Waals surface area (Å²) in [4.78, 5) is 28.7. The van der Waals surface area contributed by atoms with Crippen LogP contribution in [0.15, 0.2) is 35.7 Å². The van der Waals surface area contributed by atoms with Crippen molar-refractivity contribution in [3.05, 3.63) is 57.3 Å². The van der Waals surface area contributed by atoms with Gasteiger partial charge in [0.05, 0.1) is 17.7 Å². The quantitative estimate of drug-likeness (QED) is 0.903. The van der Waals surface area contributed by atoms with Gasteiger partial charge >= 0.3 is 0 Å². The molecule has 2 heterocycles. The Kier molecular flexibility index (Phi) is 4.57. The average Bonchev–Trinajstić information content (AvgIpc) is 3.28. The lowest BCUT2D eigenvalue weighted by Crippen LogP contribution is -2.37. The van der Waals surface area contributed by atoms with Gasteiger partial charge in [-0.05, 0) is 35.9 Å². The Labute approximate surface area is 151 Å². The van der Waals surface area contributed by atoms with Crippen LogP contribution < -0.4 is 5.32 Å². The van der Waals surface area contributed by atoms with Gasteiger partial charge in [0.1, 0.15) is 0 Å². The fourth-order valence-electron chi connectivity index (χ4n) is 3.94. The summed E-state index contributed by atoms with van der Waals surface area (Å²) in [6.45, 7) is 1.14. The molecule has 1 aromatic heterocycles. The fourth-order valence-corrected chi connectivity index (χ4v) is 4.58. The number of nitrogens with one attached hydrogen (secondary N) is 1. The molecule has 1 aliphatic carbocycles. The highest BCUT2D eigenvalue weighted by Crippen LogP contribution is 2.32. The van der Waals surface area contributed by atoms with Gasteiger partial charge in [-0.1, -0.05) is 37.5 Å². The molecule has 0 bridgehead atoms. The maximum atomic E-state index is 13.0. The van der Waals surface area contributed by atoms with E-state index in [1.165, 1.54) is 19.3 Å². The minimum Gasteiger partial charge on any atom is -0.347 e. The molecule has 2 aliphatic rings. The smallest absolute Gasteiger partial charge is 0.255 e. The Balaban J connectivity index is 1.53. The lowest BCUT2D eigenvalue weighted by molar-refractivity contribution is 0.0656. The summed E-state index contributed by atoms with van der Waals surface area (Å²) in [7, 11) is 0. The lowest BCUT2D eigenvalue weighted by Gasteiger charge is -2.30. The van der Waals surface area contributed by atoms with Crippen molar-refractivity contribution >= 4 is 23.2 Å². The molecule has 0 atom stereocenters. The number of carbonyl (C=O) groups is 2. The zero-order valence-electron chi connectivity index (χ0n) is 14.2. The van der Waals surface area contributed by atoms with Crippen molar-refractivity contribution in [1.29, 1.82) is 0 Å². The van der Waals surface area contributed by atoms with Crippen molar-refractivity contribution in [2.75, 3.05) is 0 Å². The van der Waals surface area contributed by atoms with Crippen LogP contribution in [0.4, 0.5) is 0 Å². The van der Waals surface area contributed by atoms with Crippen molar-refractivity contribution in [2.45, 2.75) is 51.2 Å². The predicted molar refractivity (Wildman–Crippen MR) is 98.7 cm³/mol. The molecule has 1 fully saturated rings. The Morgan fingerprint density at radius 3 is 2.76 bits per heavy atom. The molecule has 0 radical (unpaired) electrons. The second-order valence-corrected chi connectivity index (χ2v) is 7.86. The largest absolute Gasteiger partial charge is 0.347 e. The van der Waals surface area contributed by atoms with Crippen molar-refractivity contribution in [3.8, 4) is 0 Å². The van der Waals surface area contributed by atoms with E-state index < -0.39 is 0 Å². The third-order valence-electron chi connectivity index (χ3n) is 5.23. The summed E-state index contributed by atoms with van der Waals surface area (Å²) in [5.74, 6) is -0.132. The summed E-state index contributed by atoms with van der Waals surface area (Å²) in [6.07, 6.45) is 5.82. The molecule has 2 amide bonds. The Morgan fingerprint density at radius 1 is 1.16 bits per heavy atom. The molecule has 1 aromatic carbocycles. The molecular weight excluding hydrogens is 332 g/mol. The minimum absolute atomic E-state index is 0.0313. The van der Waals surface area contributed by atoms with Crippen molar-refractivity contribution in [2.24, 2.45) is 0 Å². The van der Waals surface area contributed by atoms with Crippen molar-refractivity contribution < 1.29 is 9.59 Å². The van der Waals surface area contributed by atoms with Gasteiger partial charge in [0, 0.05) is 17.5 Å². The van der Waals surface area contributed by atoms with Gasteiger partial charge in [0.2, 0.25) is 0 Å². The van der Waals surface area contributed by atoms with Crippen LogP contribution in [0.3, 0.4) is 0 Å². The van der Waals surface area contributed by atoms with E-state index in [1.807, 2.05) is 34.5 Å². The zero-order valence-corrected chi connectivity index (χ0v) is 15.0. The number of nitrogens with zero attached hydrogens (tertiary/aromatic N) is 1. The average molecular weight is 354 g/mol. The van der Waals surface area contributed by atoms with Crippen LogP contribution in [-0.4, -0.2) is 22.8 Å². The second-order valence-electron chi connectivity index (χ2n) is 6.83. The van der Waals surface area contributed by atoms with Crippen molar-refractivity contribution in [3.63, 3.8) is 0 Å². The SMILES string of the molecule is O=C(NCc1cccs1)c1cccc2c1C(=O)N(C1CCCCC1)C2. The molecule has 1 N–H and O–H groups in total. The van der Waals surface area contributed by atoms with Crippen LogP contribution >= 0.6 is 11.3 Å². The van der Waals surface area contributed by atoms with E-state index in [2.05, 4.69) is 5.32 Å². The molecule has 5 heteroatoms. The second kappa shape index (κ2) is 7.00. The van der Waals surface area contributed by atoms with Gasteiger partial charge in [0.15, 0.2) is 0 Å². The fraction of sp³-hybridized carbons (Fsp3) is 0.400. The standard InChI is InChI=1S/C20H22N2O2S/c23-19(21-12-16-9-5-11-25-16)17-10-4-6-14-13-22(20(24)18(14)17)15-7-2-1-3-8-15/h4-6,9-11,15H,1-3,7-8,12-13H2,(H,21,23). The van der Waals surface area contributed by atoms with Gasteiger partial charge < -0.3 is 10.2 Å². The first-order valence-corrected chi connectivity index (χ1v) is 9.85. The van der Waals surface area contributed by atoms with E-state index in [9.17, 15) is 9.59 Å². The molecular formula is C20H22N2O2S. The third kappa shape index (κ3) is 3.21. The number of carbonyl (C=O) groups excluding carboxylic acids is 2. The molecule has 0 saturated heterocycles. The minimum atomic E-state index is -0.163. The normalized spacial score (nSPS) is 17.6.